The van der Waals surface area contributed by atoms with E-state index in [9.17, 15) is 4.79 Å². The standard InChI is InChI=1S/C16H15NO3/c1-11(13-8-5-9-19-13)17(2)16(18)15-10-12-6-3-4-7-14(12)20-15/h3-11H,1-2H3. The summed E-state index contributed by atoms with van der Waals surface area (Å²) >= 11 is 0. The Morgan fingerprint density at radius 1 is 1.20 bits per heavy atom. The number of carbonyl (C=O) groups is 1. The number of benzene rings is 1. The third-order valence-corrected chi connectivity index (χ3v) is 3.49. The molecule has 2 aromatic heterocycles. The maximum atomic E-state index is 12.4. The zero-order valence-corrected chi connectivity index (χ0v) is 11.4. The number of hydrogen-bond donors (Lipinski definition) is 0. The molecule has 0 saturated heterocycles. The van der Waals surface area contributed by atoms with E-state index in [2.05, 4.69) is 0 Å². The van der Waals surface area contributed by atoms with E-state index in [1.165, 1.54) is 0 Å². The van der Waals surface area contributed by atoms with E-state index in [0.717, 1.165) is 16.7 Å². The molecule has 3 rings (SSSR count). The molecular formula is C16H15NO3. The average Bonchev–Trinajstić information content (AvgIpc) is 3.13. The molecule has 1 aromatic carbocycles. The molecule has 0 aliphatic heterocycles. The first kappa shape index (κ1) is 12.5. The van der Waals surface area contributed by atoms with Gasteiger partial charge in [-0.3, -0.25) is 4.79 Å². The summed E-state index contributed by atoms with van der Waals surface area (Å²) in [5.41, 5.74) is 0.718. The quantitative estimate of drug-likeness (QED) is 0.725. The maximum Gasteiger partial charge on any atom is 0.289 e. The summed E-state index contributed by atoms with van der Waals surface area (Å²) in [6, 6.07) is 12.9. The van der Waals surface area contributed by atoms with Crippen LogP contribution < -0.4 is 0 Å². The van der Waals surface area contributed by atoms with Crippen molar-refractivity contribution in [3.05, 3.63) is 60.2 Å². The lowest BCUT2D eigenvalue weighted by Gasteiger charge is -2.22. The van der Waals surface area contributed by atoms with Crippen LogP contribution in [0, 0.1) is 0 Å². The van der Waals surface area contributed by atoms with Crippen LogP contribution in [-0.4, -0.2) is 17.9 Å². The second-order valence-electron chi connectivity index (χ2n) is 4.76. The van der Waals surface area contributed by atoms with Crippen LogP contribution in [0.15, 0.2) is 57.6 Å². The van der Waals surface area contributed by atoms with Gasteiger partial charge < -0.3 is 13.7 Å². The van der Waals surface area contributed by atoms with Crippen LogP contribution in [0.2, 0.25) is 0 Å². The van der Waals surface area contributed by atoms with Gasteiger partial charge in [0.05, 0.1) is 12.3 Å². The van der Waals surface area contributed by atoms with E-state index in [0.29, 0.717) is 5.76 Å². The number of furan rings is 2. The monoisotopic (exact) mass is 269 g/mol. The summed E-state index contributed by atoms with van der Waals surface area (Å²) in [5, 5.41) is 0.926. The highest BCUT2D eigenvalue weighted by Crippen LogP contribution is 2.24. The van der Waals surface area contributed by atoms with Gasteiger partial charge >= 0.3 is 0 Å². The normalized spacial score (nSPS) is 12.5. The lowest BCUT2D eigenvalue weighted by molar-refractivity contribution is 0.0696. The first-order chi connectivity index (χ1) is 9.66. The van der Waals surface area contributed by atoms with Gasteiger partial charge in [-0.15, -0.1) is 0 Å². The number of fused-ring (bicyclic) bond motifs is 1. The van der Waals surface area contributed by atoms with Crippen molar-refractivity contribution in [2.45, 2.75) is 13.0 Å². The van der Waals surface area contributed by atoms with E-state index in [-0.39, 0.29) is 11.9 Å². The zero-order valence-electron chi connectivity index (χ0n) is 11.4. The molecule has 0 radical (unpaired) electrons. The fourth-order valence-corrected chi connectivity index (χ4v) is 2.16. The summed E-state index contributed by atoms with van der Waals surface area (Å²) in [4.78, 5) is 14.0. The van der Waals surface area contributed by atoms with Crippen molar-refractivity contribution in [2.24, 2.45) is 0 Å². The van der Waals surface area contributed by atoms with Crippen molar-refractivity contribution in [2.75, 3.05) is 7.05 Å². The molecule has 1 unspecified atom stereocenters. The molecule has 0 fully saturated rings. The van der Waals surface area contributed by atoms with Crippen molar-refractivity contribution < 1.29 is 13.6 Å². The summed E-state index contributed by atoms with van der Waals surface area (Å²) in [7, 11) is 1.74. The third-order valence-electron chi connectivity index (χ3n) is 3.49. The minimum absolute atomic E-state index is 0.147. The molecule has 102 valence electrons. The van der Waals surface area contributed by atoms with E-state index in [4.69, 9.17) is 8.83 Å². The van der Waals surface area contributed by atoms with Crippen LogP contribution in [0.5, 0.6) is 0 Å². The Bertz CT molecular complexity index is 694. The predicted octanol–water partition coefficient (Wildman–Crippen LogP) is 3.86. The largest absolute Gasteiger partial charge is 0.467 e. The van der Waals surface area contributed by atoms with Crippen molar-refractivity contribution in [1.82, 2.24) is 4.90 Å². The second-order valence-corrected chi connectivity index (χ2v) is 4.76. The SMILES string of the molecule is CC(c1ccco1)N(C)C(=O)c1cc2ccccc2o1. The molecule has 2 heterocycles. The smallest absolute Gasteiger partial charge is 0.289 e. The second kappa shape index (κ2) is 4.89. The zero-order chi connectivity index (χ0) is 14.1. The predicted molar refractivity (Wildman–Crippen MR) is 75.4 cm³/mol. The summed E-state index contributed by atoms with van der Waals surface area (Å²) in [6.45, 7) is 1.92. The molecule has 0 spiro atoms. The molecular weight excluding hydrogens is 254 g/mol. The van der Waals surface area contributed by atoms with Gasteiger partial charge in [-0.05, 0) is 31.2 Å². The minimum Gasteiger partial charge on any atom is -0.467 e. The molecule has 0 saturated carbocycles. The van der Waals surface area contributed by atoms with E-state index in [1.54, 1.807) is 24.3 Å². The topological polar surface area (TPSA) is 46.6 Å². The van der Waals surface area contributed by atoms with Crippen molar-refractivity contribution in [3.8, 4) is 0 Å². The first-order valence-corrected chi connectivity index (χ1v) is 6.46. The molecule has 4 nitrogen and oxygen atoms in total. The van der Waals surface area contributed by atoms with Crippen molar-refractivity contribution in [3.63, 3.8) is 0 Å². The van der Waals surface area contributed by atoms with Crippen LogP contribution in [0.4, 0.5) is 0 Å². The minimum atomic E-state index is -0.162. The highest BCUT2D eigenvalue weighted by molar-refractivity contribution is 5.96. The molecule has 0 aliphatic rings. The Labute approximate surface area is 116 Å². The Balaban J connectivity index is 1.88. The fraction of sp³-hybridized carbons (Fsp3) is 0.188. The van der Waals surface area contributed by atoms with Gasteiger partial charge in [-0.1, -0.05) is 18.2 Å². The van der Waals surface area contributed by atoms with Crippen LogP contribution >= 0.6 is 0 Å². The average molecular weight is 269 g/mol. The molecule has 1 amide bonds. The lowest BCUT2D eigenvalue weighted by atomic mass is 10.2. The molecule has 1 atom stereocenters. The molecule has 20 heavy (non-hydrogen) atoms. The van der Waals surface area contributed by atoms with Crippen molar-refractivity contribution >= 4 is 16.9 Å². The fourth-order valence-electron chi connectivity index (χ4n) is 2.16. The van der Waals surface area contributed by atoms with E-state index >= 15 is 0 Å². The molecule has 4 heteroatoms. The molecule has 0 N–H and O–H groups in total. The molecule has 3 aromatic rings. The third kappa shape index (κ3) is 2.09. The Morgan fingerprint density at radius 3 is 2.70 bits per heavy atom. The Hall–Kier alpha value is -2.49. The summed E-state index contributed by atoms with van der Waals surface area (Å²) in [5.74, 6) is 0.925. The summed E-state index contributed by atoms with van der Waals surface area (Å²) < 4.78 is 10.9. The Kier molecular flexibility index (Phi) is 3.06. The van der Waals surface area contributed by atoms with Gasteiger partial charge in [0.25, 0.3) is 5.91 Å². The number of carbonyl (C=O) groups excluding carboxylic acids is 1. The number of hydrogen-bond acceptors (Lipinski definition) is 3. The van der Waals surface area contributed by atoms with Gasteiger partial charge in [0.2, 0.25) is 0 Å². The van der Waals surface area contributed by atoms with Gasteiger partial charge in [0.1, 0.15) is 11.3 Å². The maximum absolute atomic E-state index is 12.4. The van der Waals surface area contributed by atoms with Gasteiger partial charge in [-0.25, -0.2) is 0 Å². The van der Waals surface area contributed by atoms with Gasteiger partial charge in [0, 0.05) is 12.4 Å². The van der Waals surface area contributed by atoms with Crippen LogP contribution in [0.3, 0.4) is 0 Å². The first-order valence-electron chi connectivity index (χ1n) is 6.46. The highest BCUT2D eigenvalue weighted by Gasteiger charge is 2.23. The highest BCUT2D eigenvalue weighted by atomic mass is 16.3. The van der Waals surface area contributed by atoms with Gasteiger partial charge in [0.15, 0.2) is 5.76 Å². The van der Waals surface area contributed by atoms with E-state index in [1.807, 2.05) is 43.3 Å². The van der Waals surface area contributed by atoms with Crippen LogP contribution in [-0.2, 0) is 0 Å². The van der Waals surface area contributed by atoms with Crippen LogP contribution in [0.1, 0.15) is 29.3 Å². The number of amides is 1. The van der Waals surface area contributed by atoms with Crippen LogP contribution in [0.25, 0.3) is 11.0 Å². The van der Waals surface area contributed by atoms with Crippen molar-refractivity contribution in [1.29, 1.82) is 0 Å². The lowest BCUT2D eigenvalue weighted by Crippen LogP contribution is -2.29. The van der Waals surface area contributed by atoms with Gasteiger partial charge in [-0.2, -0.15) is 0 Å². The molecule has 0 bridgehead atoms. The number of para-hydroxylation sites is 1. The summed E-state index contributed by atoms with van der Waals surface area (Å²) in [6.07, 6.45) is 1.60. The molecule has 0 aliphatic carbocycles. The Morgan fingerprint density at radius 2 is 2.00 bits per heavy atom. The number of nitrogens with zero attached hydrogens (tertiary/aromatic N) is 1. The number of rotatable bonds is 3. The van der Waals surface area contributed by atoms with E-state index < -0.39 is 0 Å².